The molecule has 0 N–H and O–H groups in total. The molecule has 3 heterocycles. The summed E-state index contributed by atoms with van der Waals surface area (Å²) in [5.41, 5.74) is 0.748. The summed E-state index contributed by atoms with van der Waals surface area (Å²) in [6.45, 7) is 0. The second kappa shape index (κ2) is 6.80. The largest absolute Gasteiger partial charge is 0.461 e. The first-order valence-electron chi connectivity index (χ1n) is 6.97. The smallest absolute Gasteiger partial charge is 0.244 e. The number of sulfonamides is 1. The molecule has 0 aliphatic rings. The lowest BCUT2D eigenvalue weighted by Gasteiger charge is -2.10. The van der Waals surface area contributed by atoms with Crippen LogP contribution >= 0.6 is 11.8 Å². The maximum Gasteiger partial charge on any atom is 0.244 e. The number of hydrogen-bond donors (Lipinski definition) is 0. The molecule has 0 aliphatic carbocycles. The van der Waals surface area contributed by atoms with E-state index in [0.29, 0.717) is 22.3 Å². The van der Waals surface area contributed by atoms with Crippen LogP contribution in [0.1, 0.15) is 5.69 Å². The molecule has 0 radical (unpaired) electrons. The lowest BCUT2D eigenvalue weighted by molar-refractivity contribution is 0.413. The molecule has 0 bridgehead atoms. The van der Waals surface area contributed by atoms with Crippen molar-refractivity contribution in [1.29, 1.82) is 0 Å². The highest BCUT2D eigenvalue weighted by atomic mass is 32.2. The molecule has 0 aliphatic heterocycles. The summed E-state index contributed by atoms with van der Waals surface area (Å²) in [6.07, 6.45) is 2.92. The summed E-state index contributed by atoms with van der Waals surface area (Å²) in [4.78, 5) is 4.34. The molecule has 0 fully saturated rings. The van der Waals surface area contributed by atoms with Crippen LogP contribution in [0.4, 0.5) is 0 Å². The van der Waals surface area contributed by atoms with Gasteiger partial charge in [0.1, 0.15) is 4.90 Å². The maximum absolute atomic E-state index is 12.0. The van der Waals surface area contributed by atoms with Crippen LogP contribution < -0.4 is 0 Å². The highest BCUT2D eigenvalue weighted by molar-refractivity contribution is 7.98. The number of furan rings is 1. The minimum atomic E-state index is -3.46. The summed E-state index contributed by atoms with van der Waals surface area (Å²) >= 11 is 1.44. The molecule has 0 unspecified atom stereocenters. The number of aromatic nitrogens is 2. The molecule has 0 atom stereocenters. The maximum atomic E-state index is 12.0. The highest BCUT2D eigenvalue weighted by Gasteiger charge is 2.17. The highest BCUT2D eigenvalue weighted by Crippen LogP contribution is 2.25. The first kappa shape index (κ1) is 16.7. The second-order valence-electron chi connectivity index (χ2n) is 5.07. The molecule has 7 nitrogen and oxygen atoms in total. The van der Waals surface area contributed by atoms with E-state index in [2.05, 4.69) is 10.1 Å². The van der Waals surface area contributed by atoms with Crippen molar-refractivity contribution < 1.29 is 17.4 Å². The van der Waals surface area contributed by atoms with Gasteiger partial charge >= 0.3 is 0 Å². The van der Waals surface area contributed by atoms with Gasteiger partial charge in [0, 0.05) is 32.1 Å². The van der Waals surface area contributed by atoms with Crippen molar-refractivity contribution >= 4 is 21.8 Å². The van der Waals surface area contributed by atoms with Crippen LogP contribution in [-0.2, 0) is 15.8 Å². The quantitative estimate of drug-likeness (QED) is 0.620. The standard InChI is InChI=1S/C15H15N3O4S2/c1-18(2)24(19,20)12-5-6-15(16-9-12)23-10-11-8-14(22-17-11)13-4-3-7-21-13/h3-9H,10H2,1-2H3. The summed E-state index contributed by atoms with van der Waals surface area (Å²) in [5, 5.41) is 4.69. The predicted molar refractivity (Wildman–Crippen MR) is 88.9 cm³/mol. The molecule has 3 aromatic rings. The molecular weight excluding hydrogens is 350 g/mol. The predicted octanol–water partition coefficient (Wildman–Crippen LogP) is 2.87. The lowest BCUT2D eigenvalue weighted by atomic mass is 10.3. The third kappa shape index (κ3) is 3.53. The van der Waals surface area contributed by atoms with E-state index in [1.807, 2.05) is 0 Å². The van der Waals surface area contributed by atoms with E-state index in [1.165, 1.54) is 32.1 Å². The Balaban J connectivity index is 1.65. The van der Waals surface area contributed by atoms with Gasteiger partial charge in [-0.15, -0.1) is 0 Å². The van der Waals surface area contributed by atoms with E-state index in [4.69, 9.17) is 8.94 Å². The van der Waals surface area contributed by atoms with Gasteiger partial charge in [0.2, 0.25) is 15.8 Å². The van der Waals surface area contributed by atoms with Gasteiger partial charge in [-0.2, -0.15) is 0 Å². The minimum Gasteiger partial charge on any atom is -0.461 e. The van der Waals surface area contributed by atoms with E-state index < -0.39 is 10.0 Å². The van der Waals surface area contributed by atoms with Gasteiger partial charge in [0.25, 0.3) is 0 Å². The zero-order valence-corrected chi connectivity index (χ0v) is 14.7. The summed E-state index contributed by atoms with van der Waals surface area (Å²) in [5.74, 6) is 1.74. The monoisotopic (exact) mass is 365 g/mol. The fourth-order valence-corrected chi connectivity index (χ4v) is 3.45. The van der Waals surface area contributed by atoms with Crippen molar-refractivity contribution in [2.24, 2.45) is 0 Å². The Hall–Kier alpha value is -2.10. The van der Waals surface area contributed by atoms with E-state index in [9.17, 15) is 8.42 Å². The Bertz CT molecular complexity index is 901. The van der Waals surface area contributed by atoms with Crippen LogP contribution in [0.5, 0.6) is 0 Å². The van der Waals surface area contributed by atoms with Crippen molar-refractivity contribution in [2.75, 3.05) is 14.1 Å². The Labute approximate surface area is 143 Å². The number of nitrogens with zero attached hydrogens (tertiary/aromatic N) is 3. The average molecular weight is 365 g/mol. The topological polar surface area (TPSA) is 89.4 Å². The Morgan fingerprint density at radius 2 is 2.04 bits per heavy atom. The Morgan fingerprint density at radius 3 is 2.67 bits per heavy atom. The molecule has 3 rings (SSSR count). The zero-order chi connectivity index (χ0) is 17.2. The van der Waals surface area contributed by atoms with E-state index in [-0.39, 0.29) is 4.90 Å². The van der Waals surface area contributed by atoms with Crippen molar-refractivity contribution in [2.45, 2.75) is 15.7 Å². The van der Waals surface area contributed by atoms with Crippen LogP contribution in [0.15, 0.2) is 61.7 Å². The van der Waals surface area contributed by atoms with Crippen molar-refractivity contribution in [3.05, 3.63) is 48.5 Å². The molecular formula is C15H15N3O4S2. The first-order chi connectivity index (χ1) is 11.5. The zero-order valence-electron chi connectivity index (χ0n) is 13.0. The molecule has 0 amide bonds. The fourth-order valence-electron chi connectivity index (χ4n) is 1.88. The van der Waals surface area contributed by atoms with Gasteiger partial charge < -0.3 is 8.94 Å². The van der Waals surface area contributed by atoms with E-state index in [0.717, 1.165) is 10.00 Å². The van der Waals surface area contributed by atoms with Gasteiger partial charge in [-0.3, -0.25) is 0 Å². The summed E-state index contributed by atoms with van der Waals surface area (Å²) in [7, 11) is -0.488. The van der Waals surface area contributed by atoms with Crippen LogP contribution in [0.25, 0.3) is 11.5 Å². The molecule has 0 spiro atoms. The number of pyridine rings is 1. The van der Waals surface area contributed by atoms with Gasteiger partial charge in [-0.1, -0.05) is 16.9 Å². The lowest BCUT2D eigenvalue weighted by Crippen LogP contribution is -2.22. The third-order valence-electron chi connectivity index (χ3n) is 3.18. The SMILES string of the molecule is CN(C)S(=O)(=O)c1ccc(SCc2cc(-c3ccco3)on2)nc1. The molecule has 9 heteroatoms. The normalized spacial score (nSPS) is 12.0. The van der Waals surface area contributed by atoms with E-state index >= 15 is 0 Å². The van der Waals surface area contributed by atoms with Crippen molar-refractivity contribution in [1.82, 2.24) is 14.4 Å². The van der Waals surface area contributed by atoms with Crippen LogP contribution in [-0.4, -0.2) is 37.0 Å². The van der Waals surface area contributed by atoms with Gasteiger partial charge in [-0.05, 0) is 24.3 Å². The molecule has 3 aromatic heterocycles. The average Bonchev–Trinajstić information content (AvgIpc) is 3.24. The Morgan fingerprint density at radius 1 is 1.21 bits per heavy atom. The van der Waals surface area contributed by atoms with Crippen LogP contribution in [0.2, 0.25) is 0 Å². The van der Waals surface area contributed by atoms with Gasteiger partial charge in [0.05, 0.1) is 17.0 Å². The second-order valence-corrected chi connectivity index (χ2v) is 8.22. The minimum absolute atomic E-state index is 0.165. The molecule has 0 saturated carbocycles. The van der Waals surface area contributed by atoms with Crippen LogP contribution in [0, 0.1) is 0 Å². The number of rotatable bonds is 6. The first-order valence-corrected chi connectivity index (χ1v) is 9.40. The summed E-state index contributed by atoms with van der Waals surface area (Å²) in [6, 6.07) is 8.59. The van der Waals surface area contributed by atoms with E-state index in [1.54, 1.807) is 36.6 Å². The summed E-state index contributed by atoms with van der Waals surface area (Å²) < 4.78 is 35.6. The van der Waals surface area contributed by atoms with Crippen LogP contribution in [0.3, 0.4) is 0 Å². The third-order valence-corrected chi connectivity index (χ3v) is 5.95. The molecule has 24 heavy (non-hydrogen) atoms. The van der Waals surface area contributed by atoms with Crippen molar-refractivity contribution in [3.8, 4) is 11.5 Å². The fraction of sp³-hybridized carbons (Fsp3) is 0.200. The molecule has 0 saturated heterocycles. The van der Waals surface area contributed by atoms with Gasteiger partial charge in [0.15, 0.2) is 5.76 Å². The number of thioether (sulfide) groups is 1. The van der Waals surface area contributed by atoms with Gasteiger partial charge in [-0.25, -0.2) is 17.7 Å². The number of hydrogen-bond acceptors (Lipinski definition) is 7. The molecule has 0 aromatic carbocycles. The van der Waals surface area contributed by atoms with Crippen molar-refractivity contribution in [3.63, 3.8) is 0 Å². The molecule has 126 valence electrons. The Kier molecular flexibility index (Phi) is 4.74.